The van der Waals surface area contributed by atoms with Gasteiger partial charge in [-0.1, -0.05) is 12.2 Å². The molecular formula is C11H12N4S. The Labute approximate surface area is 99.1 Å². The molecule has 2 N–H and O–H groups in total. The average Bonchev–Trinajstić information content (AvgIpc) is 2.58. The van der Waals surface area contributed by atoms with Crippen LogP contribution in [0.1, 0.15) is 17.1 Å². The van der Waals surface area contributed by atoms with Crippen molar-refractivity contribution in [3.63, 3.8) is 0 Å². The topological polar surface area (TPSA) is 56.7 Å². The fraction of sp³-hybridized carbons (Fsp3) is 0.182. The lowest BCUT2D eigenvalue weighted by molar-refractivity contribution is 0.831. The van der Waals surface area contributed by atoms with Gasteiger partial charge in [-0.15, -0.1) is 0 Å². The van der Waals surface area contributed by atoms with Crippen LogP contribution in [0, 0.1) is 13.8 Å². The van der Waals surface area contributed by atoms with E-state index in [-0.39, 0.29) is 0 Å². The van der Waals surface area contributed by atoms with Crippen molar-refractivity contribution in [2.45, 2.75) is 13.8 Å². The van der Waals surface area contributed by atoms with Gasteiger partial charge in [0.1, 0.15) is 4.99 Å². The zero-order valence-electron chi connectivity index (χ0n) is 9.14. The summed E-state index contributed by atoms with van der Waals surface area (Å²) >= 11 is 4.90. The van der Waals surface area contributed by atoms with Gasteiger partial charge >= 0.3 is 0 Å². The number of rotatable bonds is 2. The summed E-state index contributed by atoms with van der Waals surface area (Å²) in [6, 6.07) is 5.73. The Morgan fingerprint density at radius 2 is 2.12 bits per heavy atom. The third-order valence-corrected chi connectivity index (χ3v) is 2.46. The number of nitrogens with zero attached hydrogens (tertiary/aromatic N) is 3. The van der Waals surface area contributed by atoms with Crippen LogP contribution in [0.25, 0.3) is 5.69 Å². The van der Waals surface area contributed by atoms with E-state index in [0.29, 0.717) is 10.7 Å². The van der Waals surface area contributed by atoms with E-state index in [9.17, 15) is 0 Å². The summed E-state index contributed by atoms with van der Waals surface area (Å²) in [7, 11) is 0. The van der Waals surface area contributed by atoms with Gasteiger partial charge in [0, 0.05) is 11.9 Å². The minimum Gasteiger partial charge on any atom is -0.388 e. The molecule has 0 spiro atoms. The SMILES string of the molecule is Cc1cc(C)n(-c2ccnc(C(N)=S)c2)n1. The molecular weight excluding hydrogens is 220 g/mol. The molecule has 2 aromatic rings. The number of aryl methyl sites for hydroxylation is 2. The van der Waals surface area contributed by atoms with Crippen molar-refractivity contribution in [2.24, 2.45) is 5.73 Å². The Bertz CT molecular complexity index is 545. The number of aromatic nitrogens is 3. The maximum absolute atomic E-state index is 5.54. The molecule has 2 heterocycles. The Morgan fingerprint density at radius 3 is 2.69 bits per heavy atom. The molecule has 0 aliphatic carbocycles. The molecule has 0 aliphatic rings. The summed E-state index contributed by atoms with van der Waals surface area (Å²) in [4.78, 5) is 4.39. The Balaban J connectivity index is 2.52. The van der Waals surface area contributed by atoms with Crippen LogP contribution in [-0.2, 0) is 0 Å². The lowest BCUT2D eigenvalue weighted by Crippen LogP contribution is -2.12. The molecule has 0 atom stereocenters. The highest BCUT2D eigenvalue weighted by atomic mass is 32.1. The predicted octanol–water partition coefficient (Wildman–Crippen LogP) is 1.52. The zero-order chi connectivity index (χ0) is 11.7. The van der Waals surface area contributed by atoms with E-state index < -0.39 is 0 Å². The number of hydrogen-bond donors (Lipinski definition) is 1. The maximum Gasteiger partial charge on any atom is 0.122 e. The molecule has 2 rings (SSSR count). The molecule has 2 aromatic heterocycles. The van der Waals surface area contributed by atoms with E-state index in [0.717, 1.165) is 17.1 Å². The van der Waals surface area contributed by atoms with Crippen LogP contribution in [0.5, 0.6) is 0 Å². The molecule has 0 amide bonds. The Kier molecular flexibility index (Phi) is 2.70. The van der Waals surface area contributed by atoms with Crippen molar-refractivity contribution in [1.29, 1.82) is 0 Å². The van der Waals surface area contributed by atoms with E-state index >= 15 is 0 Å². The third kappa shape index (κ3) is 1.94. The molecule has 0 bridgehead atoms. The quantitative estimate of drug-likeness (QED) is 0.798. The molecule has 4 nitrogen and oxygen atoms in total. The van der Waals surface area contributed by atoms with Crippen molar-refractivity contribution in [1.82, 2.24) is 14.8 Å². The first-order chi connectivity index (χ1) is 7.58. The fourth-order valence-corrected chi connectivity index (χ4v) is 1.69. The van der Waals surface area contributed by atoms with Gasteiger partial charge in [0.2, 0.25) is 0 Å². The predicted molar refractivity (Wildman–Crippen MR) is 66.7 cm³/mol. The Morgan fingerprint density at radius 1 is 1.38 bits per heavy atom. The van der Waals surface area contributed by atoms with Crippen molar-refractivity contribution >= 4 is 17.2 Å². The summed E-state index contributed by atoms with van der Waals surface area (Å²) in [5, 5.41) is 4.39. The van der Waals surface area contributed by atoms with Gasteiger partial charge in [-0.3, -0.25) is 4.98 Å². The number of thiocarbonyl (C=S) groups is 1. The summed E-state index contributed by atoms with van der Waals surface area (Å²) in [6.07, 6.45) is 1.68. The highest BCUT2D eigenvalue weighted by Gasteiger charge is 2.05. The molecule has 0 aliphatic heterocycles. The van der Waals surface area contributed by atoms with E-state index in [2.05, 4.69) is 10.1 Å². The lowest BCUT2D eigenvalue weighted by Gasteiger charge is -2.05. The molecule has 0 unspecified atom stereocenters. The molecule has 0 aromatic carbocycles. The minimum atomic E-state index is 0.295. The highest BCUT2D eigenvalue weighted by molar-refractivity contribution is 7.80. The summed E-state index contributed by atoms with van der Waals surface area (Å²) in [5.41, 5.74) is 9.12. The number of pyridine rings is 1. The average molecular weight is 232 g/mol. The van der Waals surface area contributed by atoms with Gasteiger partial charge in [-0.25, -0.2) is 4.68 Å². The summed E-state index contributed by atoms with van der Waals surface area (Å²) in [6.45, 7) is 3.96. The first-order valence-electron chi connectivity index (χ1n) is 4.87. The van der Waals surface area contributed by atoms with Gasteiger partial charge in [0.05, 0.1) is 17.1 Å². The van der Waals surface area contributed by atoms with Crippen LogP contribution in [0.3, 0.4) is 0 Å². The molecule has 0 saturated carbocycles. The minimum absolute atomic E-state index is 0.295. The first kappa shape index (κ1) is 10.8. The summed E-state index contributed by atoms with van der Waals surface area (Å²) in [5.74, 6) is 0. The van der Waals surface area contributed by atoms with E-state index in [1.165, 1.54) is 0 Å². The molecule has 5 heteroatoms. The lowest BCUT2D eigenvalue weighted by atomic mass is 10.3. The number of nitrogens with two attached hydrogens (primary N) is 1. The Hall–Kier alpha value is -1.75. The van der Waals surface area contributed by atoms with E-state index in [4.69, 9.17) is 18.0 Å². The van der Waals surface area contributed by atoms with Crippen molar-refractivity contribution < 1.29 is 0 Å². The molecule has 0 radical (unpaired) electrons. The smallest absolute Gasteiger partial charge is 0.122 e. The van der Waals surface area contributed by atoms with Crippen molar-refractivity contribution in [3.05, 3.63) is 41.5 Å². The normalized spacial score (nSPS) is 10.4. The van der Waals surface area contributed by atoms with E-state index in [1.54, 1.807) is 6.20 Å². The maximum atomic E-state index is 5.54. The third-order valence-electron chi connectivity index (χ3n) is 2.25. The zero-order valence-corrected chi connectivity index (χ0v) is 9.95. The molecule has 16 heavy (non-hydrogen) atoms. The van der Waals surface area contributed by atoms with Crippen molar-refractivity contribution in [3.8, 4) is 5.69 Å². The highest BCUT2D eigenvalue weighted by Crippen LogP contribution is 2.12. The number of hydrogen-bond acceptors (Lipinski definition) is 3. The standard InChI is InChI=1S/C11H12N4S/c1-7-5-8(2)15(14-7)9-3-4-13-10(6-9)11(12)16/h3-6H,1-2H3,(H2,12,16). The van der Waals surface area contributed by atoms with Crippen molar-refractivity contribution in [2.75, 3.05) is 0 Å². The van der Waals surface area contributed by atoms with E-state index in [1.807, 2.05) is 36.7 Å². The van der Waals surface area contributed by atoms with Crippen LogP contribution in [-0.4, -0.2) is 19.8 Å². The van der Waals surface area contributed by atoms with Crippen LogP contribution in [0.15, 0.2) is 24.4 Å². The monoisotopic (exact) mass is 232 g/mol. The van der Waals surface area contributed by atoms with Crippen LogP contribution < -0.4 is 5.73 Å². The van der Waals surface area contributed by atoms with Crippen LogP contribution >= 0.6 is 12.2 Å². The second-order valence-electron chi connectivity index (χ2n) is 3.60. The first-order valence-corrected chi connectivity index (χ1v) is 5.28. The van der Waals surface area contributed by atoms with Crippen LogP contribution in [0.2, 0.25) is 0 Å². The van der Waals surface area contributed by atoms with Gasteiger partial charge in [0.25, 0.3) is 0 Å². The van der Waals surface area contributed by atoms with Gasteiger partial charge in [-0.05, 0) is 32.0 Å². The molecule has 0 saturated heterocycles. The van der Waals surface area contributed by atoms with Gasteiger partial charge < -0.3 is 5.73 Å². The largest absolute Gasteiger partial charge is 0.388 e. The summed E-state index contributed by atoms with van der Waals surface area (Å²) < 4.78 is 1.85. The van der Waals surface area contributed by atoms with Crippen LogP contribution in [0.4, 0.5) is 0 Å². The second kappa shape index (κ2) is 4.02. The molecule has 82 valence electrons. The van der Waals surface area contributed by atoms with Gasteiger partial charge in [0.15, 0.2) is 0 Å². The second-order valence-corrected chi connectivity index (χ2v) is 4.04. The molecule has 0 fully saturated rings. The van der Waals surface area contributed by atoms with Gasteiger partial charge in [-0.2, -0.15) is 5.10 Å². The fourth-order valence-electron chi connectivity index (χ4n) is 1.58.